The van der Waals surface area contributed by atoms with Crippen LogP contribution in [0.5, 0.6) is 0 Å². The molecule has 0 aliphatic carbocycles. The van der Waals surface area contributed by atoms with Gasteiger partial charge in [0.05, 0.1) is 4.70 Å². The summed E-state index contributed by atoms with van der Waals surface area (Å²) >= 11 is 1.55. The topological polar surface area (TPSA) is 65.5 Å². The van der Waals surface area contributed by atoms with Crippen LogP contribution in [0.3, 0.4) is 0 Å². The number of aliphatic hydroxyl groups excluding tert-OH is 1. The van der Waals surface area contributed by atoms with E-state index in [-0.39, 0.29) is 18.6 Å². The molecule has 0 radical (unpaired) electrons. The van der Waals surface area contributed by atoms with Crippen molar-refractivity contribution in [3.05, 3.63) is 28.9 Å². The molecular weight excluding hydrogens is 334 g/mol. The van der Waals surface area contributed by atoms with Gasteiger partial charge < -0.3 is 10.4 Å². The number of amides is 1. The Hall–Kier alpha value is -1.94. The largest absolute Gasteiger partial charge is 0.384 e. The smallest absolute Gasteiger partial charge is 0.270 e. The van der Waals surface area contributed by atoms with Crippen LogP contribution in [0.4, 0.5) is 0 Å². The molecule has 2 aromatic heterocycles. The number of rotatable bonds is 2. The van der Waals surface area contributed by atoms with Crippen molar-refractivity contribution < 1.29 is 9.90 Å². The van der Waals surface area contributed by atoms with Crippen molar-refractivity contribution >= 4 is 27.3 Å². The van der Waals surface area contributed by atoms with E-state index in [1.54, 1.807) is 17.5 Å². The second-order valence-corrected chi connectivity index (χ2v) is 7.70. The highest BCUT2D eigenvalue weighted by Crippen LogP contribution is 2.32. The minimum Gasteiger partial charge on any atom is -0.384 e. The quantitative estimate of drug-likeness (QED) is 0.807. The lowest BCUT2D eigenvalue weighted by Crippen LogP contribution is -2.62. The Morgan fingerprint density at radius 3 is 3.00 bits per heavy atom. The number of nitrogens with one attached hydrogen (secondary N) is 1. The van der Waals surface area contributed by atoms with Gasteiger partial charge in [0.15, 0.2) is 0 Å². The van der Waals surface area contributed by atoms with Crippen LogP contribution in [0.15, 0.2) is 17.6 Å². The van der Waals surface area contributed by atoms with Crippen LogP contribution in [0.2, 0.25) is 0 Å². The fourth-order valence-corrected chi connectivity index (χ4v) is 4.90. The second-order valence-electron chi connectivity index (χ2n) is 6.79. The van der Waals surface area contributed by atoms with Gasteiger partial charge in [0.1, 0.15) is 12.3 Å². The minimum absolute atomic E-state index is 0.111. The molecule has 6 heteroatoms. The number of nitrogens with zero attached hydrogens (tertiary/aromatic N) is 2. The lowest BCUT2D eigenvalue weighted by molar-refractivity contribution is 0.0216. The molecule has 2 N–H and O–H groups in total. The summed E-state index contributed by atoms with van der Waals surface area (Å²) in [5.74, 6) is 6.06. The predicted molar refractivity (Wildman–Crippen MR) is 98.6 cm³/mol. The van der Waals surface area contributed by atoms with Gasteiger partial charge in [0.2, 0.25) is 0 Å². The second kappa shape index (κ2) is 6.75. The maximum absolute atomic E-state index is 12.8. The number of thiophene rings is 1. The minimum atomic E-state index is -0.173. The number of hydrogen-bond acceptors (Lipinski definition) is 5. The molecule has 5 rings (SSSR count). The summed E-state index contributed by atoms with van der Waals surface area (Å²) in [6.07, 6.45) is 4.05. The third kappa shape index (κ3) is 3.04. The Labute approximate surface area is 151 Å². The predicted octanol–water partition coefficient (Wildman–Crippen LogP) is 1.85. The van der Waals surface area contributed by atoms with E-state index in [4.69, 9.17) is 5.11 Å². The maximum atomic E-state index is 12.8. The number of hydrogen-bond donors (Lipinski definition) is 2. The van der Waals surface area contributed by atoms with E-state index < -0.39 is 0 Å². The van der Waals surface area contributed by atoms with Gasteiger partial charge in [0.25, 0.3) is 5.91 Å². The van der Waals surface area contributed by atoms with Gasteiger partial charge in [-0.1, -0.05) is 11.8 Å². The molecule has 2 bridgehead atoms. The molecule has 0 aromatic carbocycles. The zero-order chi connectivity index (χ0) is 17.4. The van der Waals surface area contributed by atoms with Crippen molar-refractivity contribution in [1.82, 2.24) is 15.2 Å². The third-order valence-corrected chi connectivity index (χ3v) is 6.40. The van der Waals surface area contributed by atoms with Crippen LogP contribution >= 0.6 is 11.3 Å². The van der Waals surface area contributed by atoms with Crippen molar-refractivity contribution in [2.75, 3.05) is 19.7 Å². The molecule has 1 amide bonds. The van der Waals surface area contributed by atoms with Gasteiger partial charge >= 0.3 is 0 Å². The van der Waals surface area contributed by atoms with Crippen molar-refractivity contribution in [2.45, 2.75) is 31.8 Å². The molecule has 2 atom stereocenters. The van der Waals surface area contributed by atoms with Crippen LogP contribution in [0, 0.1) is 17.8 Å². The Morgan fingerprint density at radius 2 is 2.28 bits per heavy atom. The first-order valence-corrected chi connectivity index (χ1v) is 9.57. The Balaban J connectivity index is 1.57. The first kappa shape index (κ1) is 16.5. The average Bonchev–Trinajstić information content (AvgIpc) is 3.05. The molecule has 5 heterocycles. The SMILES string of the molecule is C[C@H]1[C@H](NC(=O)c2cc3c(C#CCO)csc3cn2)C2CCN1CC2. The van der Waals surface area contributed by atoms with E-state index in [9.17, 15) is 4.79 Å². The highest BCUT2D eigenvalue weighted by atomic mass is 32.1. The van der Waals surface area contributed by atoms with Gasteiger partial charge in [-0.3, -0.25) is 9.69 Å². The number of carbonyl (C=O) groups is 1. The van der Waals surface area contributed by atoms with Gasteiger partial charge in [-0.05, 0) is 44.8 Å². The lowest BCUT2D eigenvalue weighted by atomic mass is 9.79. The number of carbonyl (C=O) groups excluding carboxylic acids is 1. The summed E-state index contributed by atoms with van der Waals surface area (Å²) in [5, 5.41) is 15.0. The number of aliphatic hydroxyl groups is 1. The van der Waals surface area contributed by atoms with Crippen molar-refractivity contribution in [3.63, 3.8) is 0 Å². The molecule has 3 fully saturated rings. The van der Waals surface area contributed by atoms with Crippen molar-refractivity contribution in [2.24, 2.45) is 5.92 Å². The summed E-state index contributed by atoms with van der Waals surface area (Å²) in [7, 11) is 0. The van der Waals surface area contributed by atoms with Crippen LogP contribution in [0.25, 0.3) is 10.1 Å². The molecule has 25 heavy (non-hydrogen) atoms. The number of pyridine rings is 1. The Kier molecular flexibility index (Phi) is 4.46. The zero-order valence-electron chi connectivity index (χ0n) is 14.2. The van der Waals surface area contributed by atoms with E-state index in [0.717, 1.165) is 41.6 Å². The summed E-state index contributed by atoms with van der Waals surface area (Å²) in [5.41, 5.74) is 1.27. The van der Waals surface area contributed by atoms with E-state index in [1.165, 1.54) is 0 Å². The standard InChI is InChI=1S/C19H21N3O2S/c1-12-18(13-4-6-22(12)7-5-13)21-19(24)16-9-15-14(3-2-8-23)11-25-17(15)10-20-16/h9-13,18,23H,4-8H2,1H3,(H,21,24)/t12-,18-/m0/s1. The first-order chi connectivity index (χ1) is 12.2. The molecule has 2 aromatic rings. The van der Waals surface area contributed by atoms with Crippen LogP contribution in [0.1, 0.15) is 35.8 Å². The van der Waals surface area contributed by atoms with Crippen molar-refractivity contribution in [1.29, 1.82) is 0 Å². The monoisotopic (exact) mass is 355 g/mol. The van der Waals surface area contributed by atoms with Crippen molar-refractivity contribution in [3.8, 4) is 11.8 Å². The maximum Gasteiger partial charge on any atom is 0.270 e. The Bertz CT molecular complexity index is 856. The lowest BCUT2D eigenvalue weighted by Gasteiger charge is -2.49. The average molecular weight is 355 g/mol. The highest BCUT2D eigenvalue weighted by Gasteiger charge is 2.40. The molecule has 3 saturated heterocycles. The molecule has 0 unspecified atom stereocenters. The zero-order valence-corrected chi connectivity index (χ0v) is 15.0. The molecule has 5 nitrogen and oxygen atoms in total. The van der Waals surface area contributed by atoms with Crippen LogP contribution < -0.4 is 5.32 Å². The number of fused-ring (bicyclic) bond motifs is 4. The van der Waals surface area contributed by atoms with Crippen LogP contribution in [-0.4, -0.2) is 52.7 Å². The van der Waals surface area contributed by atoms with Crippen LogP contribution in [-0.2, 0) is 0 Å². The fourth-order valence-electron chi connectivity index (χ4n) is 4.06. The van der Waals surface area contributed by atoms with Gasteiger partial charge in [0, 0.05) is 34.6 Å². The summed E-state index contributed by atoms with van der Waals surface area (Å²) in [6, 6.07) is 2.39. The molecule has 3 aliphatic rings. The molecule has 0 spiro atoms. The first-order valence-electron chi connectivity index (χ1n) is 8.69. The van der Waals surface area contributed by atoms with Gasteiger partial charge in [-0.25, -0.2) is 4.98 Å². The molecule has 0 saturated carbocycles. The summed E-state index contributed by atoms with van der Waals surface area (Å²) in [6.45, 7) is 4.32. The molecular formula is C19H21N3O2S. The summed E-state index contributed by atoms with van der Waals surface area (Å²) < 4.78 is 0.995. The number of piperidine rings is 3. The normalized spacial score (nSPS) is 27.8. The van der Waals surface area contributed by atoms with E-state index in [1.807, 2.05) is 11.4 Å². The molecule has 3 aliphatic heterocycles. The number of aromatic nitrogens is 1. The Morgan fingerprint density at radius 1 is 1.48 bits per heavy atom. The molecule has 130 valence electrons. The van der Waals surface area contributed by atoms with Gasteiger partial charge in [-0.15, -0.1) is 11.3 Å². The fraction of sp³-hybridized carbons (Fsp3) is 0.474. The van der Waals surface area contributed by atoms with E-state index in [0.29, 0.717) is 17.7 Å². The highest BCUT2D eigenvalue weighted by molar-refractivity contribution is 7.17. The van der Waals surface area contributed by atoms with E-state index >= 15 is 0 Å². The third-order valence-electron chi connectivity index (χ3n) is 5.47. The van der Waals surface area contributed by atoms with Gasteiger partial charge in [-0.2, -0.15) is 0 Å². The van der Waals surface area contributed by atoms with E-state index in [2.05, 4.69) is 34.0 Å². The summed E-state index contributed by atoms with van der Waals surface area (Å²) in [4.78, 5) is 19.6.